The first-order valence-electron chi connectivity index (χ1n) is 9.48. The maximum atomic E-state index is 12.9. The van der Waals surface area contributed by atoms with Crippen molar-refractivity contribution in [2.24, 2.45) is 30.2 Å². The molecule has 25 heavy (non-hydrogen) atoms. The van der Waals surface area contributed by atoms with E-state index in [1.807, 2.05) is 0 Å². The summed E-state index contributed by atoms with van der Waals surface area (Å²) in [5.74, 6) is 1.05. The van der Waals surface area contributed by atoms with Crippen LogP contribution in [0.1, 0.15) is 72.7 Å². The quantitative estimate of drug-likeness (QED) is 0.859. The molecule has 0 aromatic carbocycles. The minimum atomic E-state index is -1.11. The van der Waals surface area contributed by atoms with Crippen LogP contribution in [0.25, 0.3) is 0 Å². The molecule has 0 aliphatic heterocycles. The minimum Gasteiger partial charge on any atom is -0.478 e. The number of aryl methyl sites for hydroxylation is 1. The van der Waals surface area contributed by atoms with Crippen LogP contribution in [0.4, 0.5) is 0 Å². The van der Waals surface area contributed by atoms with E-state index in [9.17, 15) is 14.7 Å². The van der Waals surface area contributed by atoms with E-state index >= 15 is 0 Å². The highest BCUT2D eigenvalue weighted by Crippen LogP contribution is 2.61. The van der Waals surface area contributed by atoms with Crippen molar-refractivity contribution in [3.8, 4) is 0 Å². The lowest BCUT2D eigenvalue weighted by Crippen LogP contribution is -2.56. The maximum absolute atomic E-state index is 12.9. The van der Waals surface area contributed by atoms with Gasteiger partial charge in [-0.05, 0) is 68.1 Å². The van der Waals surface area contributed by atoms with Crippen LogP contribution in [-0.2, 0) is 7.05 Å². The van der Waals surface area contributed by atoms with Crippen LogP contribution < -0.4 is 5.32 Å². The molecule has 2 N–H and O–H groups in total. The molecule has 1 heterocycles. The number of carboxylic acids is 1. The number of nitrogens with one attached hydrogen (secondary N) is 1. The van der Waals surface area contributed by atoms with Gasteiger partial charge < -0.3 is 10.4 Å². The molecule has 6 heteroatoms. The van der Waals surface area contributed by atoms with E-state index in [1.54, 1.807) is 7.05 Å². The van der Waals surface area contributed by atoms with E-state index < -0.39 is 5.97 Å². The molecule has 0 saturated heterocycles. The molecule has 0 spiro atoms. The van der Waals surface area contributed by atoms with Crippen molar-refractivity contribution in [3.63, 3.8) is 0 Å². The number of amides is 1. The highest BCUT2D eigenvalue weighted by molar-refractivity contribution is 6.03. The second kappa shape index (κ2) is 5.85. The Morgan fingerprint density at radius 1 is 1.28 bits per heavy atom. The molecule has 136 valence electrons. The second-order valence-electron chi connectivity index (χ2n) is 8.55. The van der Waals surface area contributed by atoms with Gasteiger partial charge in [0.1, 0.15) is 11.3 Å². The average Bonchev–Trinajstić information content (AvgIpc) is 2.93. The predicted octanol–water partition coefficient (Wildman–Crippen LogP) is 2.84. The van der Waals surface area contributed by atoms with Gasteiger partial charge in [0.2, 0.25) is 0 Å². The van der Waals surface area contributed by atoms with Gasteiger partial charge in [-0.1, -0.05) is 6.92 Å². The van der Waals surface area contributed by atoms with Gasteiger partial charge in [-0.15, -0.1) is 0 Å². The zero-order chi connectivity index (χ0) is 17.8. The number of hydrogen-bond acceptors (Lipinski definition) is 3. The van der Waals surface area contributed by atoms with E-state index in [0.29, 0.717) is 0 Å². The molecule has 4 bridgehead atoms. The summed E-state index contributed by atoms with van der Waals surface area (Å²) in [5.41, 5.74) is 0.331. The van der Waals surface area contributed by atoms with Crippen LogP contribution in [0, 0.1) is 23.2 Å². The lowest BCUT2D eigenvalue weighted by molar-refractivity contribution is -0.0727. The standard InChI is InChI=1S/C19H27N3O3/c1-3-15(19-7-11-4-12(8-19)6-13(5-11)9-19)21-17(23)16-14(18(24)25)10-20-22(16)2/h10-13,15H,3-9H2,1-2H3,(H,21,23)(H,24,25). The maximum Gasteiger partial charge on any atom is 0.339 e. The Labute approximate surface area is 148 Å². The summed E-state index contributed by atoms with van der Waals surface area (Å²) in [5, 5.41) is 16.5. The van der Waals surface area contributed by atoms with E-state index in [0.717, 1.165) is 24.2 Å². The Kier molecular flexibility index (Phi) is 3.89. The first-order valence-corrected chi connectivity index (χ1v) is 9.48. The van der Waals surface area contributed by atoms with E-state index in [-0.39, 0.29) is 28.6 Å². The second-order valence-corrected chi connectivity index (χ2v) is 8.55. The SMILES string of the molecule is CCC(NC(=O)c1c(C(=O)O)cnn1C)C12CC3CC(CC(C3)C1)C2. The fourth-order valence-corrected chi connectivity index (χ4v) is 6.38. The summed E-state index contributed by atoms with van der Waals surface area (Å²) >= 11 is 0. The van der Waals surface area contributed by atoms with E-state index in [4.69, 9.17) is 0 Å². The Morgan fingerprint density at radius 3 is 2.32 bits per heavy atom. The van der Waals surface area contributed by atoms with Crippen LogP contribution in [0.2, 0.25) is 0 Å². The van der Waals surface area contributed by atoms with Crippen LogP contribution in [0.15, 0.2) is 6.20 Å². The molecule has 1 aromatic rings. The Morgan fingerprint density at radius 2 is 1.84 bits per heavy atom. The lowest BCUT2D eigenvalue weighted by atomic mass is 9.47. The van der Waals surface area contributed by atoms with Gasteiger partial charge in [-0.2, -0.15) is 5.10 Å². The van der Waals surface area contributed by atoms with E-state index in [2.05, 4.69) is 17.3 Å². The summed E-state index contributed by atoms with van der Waals surface area (Å²) in [4.78, 5) is 24.3. The Bertz CT molecular complexity index is 673. The summed E-state index contributed by atoms with van der Waals surface area (Å²) < 4.78 is 1.37. The zero-order valence-electron chi connectivity index (χ0n) is 15.0. The fraction of sp³-hybridized carbons (Fsp3) is 0.737. The Balaban J connectivity index is 1.58. The van der Waals surface area contributed by atoms with Gasteiger partial charge in [0.25, 0.3) is 5.91 Å². The van der Waals surface area contributed by atoms with Gasteiger partial charge in [-0.3, -0.25) is 9.48 Å². The monoisotopic (exact) mass is 345 g/mol. The van der Waals surface area contributed by atoms with Gasteiger partial charge in [0, 0.05) is 13.1 Å². The largest absolute Gasteiger partial charge is 0.478 e. The van der Waals surface area contributed by atoms with E-state index in [1.165, 1.54) is 49.4 Å². The van der Waals surface area contributed by atoms with Gasteiger partial charge in [0.05, 0.1) is 6.20 Å². The van der Waals surface area contributed by atoms with Crippen molar-refractivity contribution in [2.75, 3.05) is 0 Å². The summed E-state index contributed by atoms with van der Waals surface area (Å²) in [6.07, 6.45) is 9.90. The highest BCUT2D eigenvalue weighted by Gasteiger charge is 2.54. The van der Waals surface area contributed by atoms with Crippen LogP contribution in [-0.4, -0.2) is 32.8 Å². The van der Waals surface area contributed by atoms with Crippen molar-refractivity contribution in [3.05, 3.63) is 17.5 Å². The summed E-state index contributed by atoms with van der Waals surface area (Å²) in [6.45, 7) is 2.13. The molecule has 5 rings (SSSR count). The third-order valence-corrected chi connectivity index (χ3v) is 6.92. The normalized spacial score (nSPS) is 34.1. The van der Waals surface area contributed by atoms with Crippen molar-refractivity contribution in [1.82, 2.24) is 15.1 Å². The number of carbonyl (C=O) groups excluding carboxylic acids is 1. The first-order chi connectivity index (χ1) is 11.9. The molecule has 1 unspecified atom stereocenters. The lowest BCUT2D eigenvalue weighted by Gasteiger charge is -2.59. The predicted molar refractivity (Wildman–Crippen MR) is 92.3 cm³/mol. The van der Waals surface area contributed by atoms with Gasteiger partial charge in [-0.25, -0.2) is 4.79 Å². The Hall–Kier alpha value is -1.85. The number of hydrogen-bond donors (Lipinski definition) is 2. The number of carboxylic acid groups (broad SMARTS) is 1. The van der Waals surface area contributed by atoms with Gasteiger partial charge in [0.15, 0.2) is 0 Å². The molecule has 0 radical (unpaired) electrons. The van der Waals surface area contributed by atoms with Crippen molar-refractivity contribution < 1.29 is 14.7 Å². The van der Waals surface area contributed by atoms with Crippen molar-refractivity contribution in [1.29, 1.82) is 0 Å². The molecule has 1 atom stereocenters. The van der Waals surface area contributed by atoms with Crippen LogP contribution >= 0.6 is 0 Å². The zero-order valence-corrected chi connectivity index (χ0v) is 15.0. The average molecular weight is 345 g/mol. The summed E-state index contributed by atoms with van der Waals surface area (Å²) in [6, 6.07) is 0.116. The van der Waals surface area contributed by atoms with Crippen LogP contribution in [0.3, 0.4) is 0 Å². The molecular formula is C19H27N3O3. The summed E-state index contributed by atoms with van der Waals surface area (Å²) in [7, 11) is 1.62. The molecular weight excluding hydrogens is 318 g/mol. The molecule has 4 aliphatic carbocycles. The third-order valence-electron chi connectivity index (χ3n) is 6.92. The fourth-order valence-electron chi connectivity index (χ4n) is 6.38. The van der Waals surface area contributed by atoms with Crippen molar-refractivity contribution in [2.45, 2.75) is 57.9 Å². The smallest absolute Gasteiger partial charge is 0.339 e. The molecule has 1 amide bonds. The molecule has 4 saturated carbocycles. The number of aromatic nitrogens is 2. The number of nitrogens with zero attached hydrogens (tertiary/aromatic N) is 2. The number of aromatic carboxylic acids is 1. The minimum absolute atomic E-state index is 0.0274. The van der Waals surface area contributed by atoms with Gasteiger partial charge >= 0.3 is 5.97 Å². The molecule has 1 aromatic heterocycles. The molecule has 4 aliphatic rings. The highest BCUT2D eigenvalue weighted by atomic mass is 16.4. The third kappa shape index (κ3) is 2.66. The topological polar surface area (TPSA) is 84.2 Å². The first kappa shape index (κ1) is 16.6. The van der Waals surface area contributed by atoms with Crippen LogP contribution in [0.5, 0.6) is 0 Å². The number of rotatable bonds is 5. The molecule has 6 nitrogen and oxygen atoms in total. The molecule has 4 fully saturated rings. The number of carbonyl (C=O) groups is 2. The van der Waals surface area contributed by atoms with Crippen molar-refractivity contribution >= 4 is 11.9 Å².